The van der Waals surface area contributed by atoms with E-state index in [0.717, 1.165) is 0 Å². The van der Waals surface area contributed by atoms with E-state index in [1.165, 1.54) is 9.21 Å². The SMILES string of the molecule is CC(C)NS(=O)(=O)N1CCN(C(=O)OC(C)(C)C)CC1CN. The highest BCUT2D eigenvalue weighted by molar-refractivity contribution is 7.87. The molecule has 0 radical (unpaired) electrons. The summed E-state index contributed by atoms with van der Waals surface area (Å²) in [6.45, 7) is 9.73. The molecule has 0 aromatic rings. The molecule has 1 unspecified atom stereocenters. The second-order valence-electron chi connectivity index (χ2n) is 6.70. The second-order valence-corrected chi connectivity index (χ2v) is 8.36. The lowest BCUT2D eigenvalue weighted by Gasteiger charge is -2.40. The molecular formula is C13H28N4O4S. The molecule has 1 rings (SSSR count). The van der Waals surface area contributed by atoms with E-state index in [9.17, 15) is 13.2 Å². The highest BCUT2D eigenvalue weighted by atomic mass is 32.2. The van der Waals surface area contributed by atoms with Crippen LogP contribution in [-0.4, -0.2) is 67.6 Å². The number of amides is 1. The van der Waals surface area contributed by atoms with Crippen molar-refractivity contribution >= 4 is 16.3 Å². The van der Waals surface area contributed by atoms with Gasteiger partial charge >= 0.3 is 6.09 Å². The van der Waals surface area contributed by atoms with Gasteiger partial charge in [-0.05, 0) is 34.6 Å². The van der Waals surface area contributed by atoms with E-state index in [2.05, 4.69) is 4.72 Å². The summed E-state index contributed by atoms with van der Waals surface area (Å²) in [7, 11) is -3.60. The highest BCUT2D eigenvalue weighted by Crippen LogP contribution is 2.16. The van der Waals surface area contributed by atoms with Crippen LogP contribution in [0.4, 0.5) is 4.79 Å². The van der Waals surface area contributed by atoms with Gasteiger partial charge in [-0.1, -0.05) is 0 Å². The number of ether oxygens (including phenoxy) is 1. The van der Waals surface area contributed by atoms with Crippen LogP contribution < -0.4 is 10.5 Å². The Morgan fingerprint density at radius 3 is 2.41 bits per heavy atom. The molecule has 1 saturated heterocycles. The molecule has 1 atom stereocenters. The minimum absolute atomic E-state index is 0.137. The van der Waals surface area contributed by atoms with Crippen molar-refractivity contribution in [2.45, 2.75) is 52.3 Å². The Hall–Kier alpha value is -0.900. The Morgan fingerprint density at radius 2 is 1.95 bits per heavy atom. The number of nitrogens with zero attached hydrogens (tertiary/aromatic N) is 2. The number of carbonyl (C=O) groups is 1. The minimum atomic E-state index is -3.60. The molecule has 0 aliphatic carbocycles. The first-order valence-corrected chi connectivity index (χ1v) is 8.87. The smallest absolute Gasteiger partial charge is 0.410 e. The lowest BCUT2D eigenvalue weighted by atomic mass is 10.2. The van der Waals surface area contributed by atoms with E-state index < -0.39 is 27.9 Å². The fourth-order valence-electron chi connectivity index (χ4n) is 2.20. The number of hydrogen-bond acceptors (Lipinski definition) is 5. The molecule has 3 N–H and O–H groups in total. The third kappa shape index (κ3) is 5.38. The van der Waals surface area contributed by atoms with Gasteiger partial charge < -0.3 is 15.4 Å². The molecule has 0 aromatic heterocycles. The van der Waals surface area contributed by atoms with Crippen LogP contribution in [-0.2, 0) is 14.9 Å². The quantitative estimate of drug-likeness (QED) is 0.758. The Bertz CT molecular complexity index is 487. The molecule has 0 bridgehead atoms. The molecular weight excluding hydrogens is 308 g/mol. The molecule has 9 heteroatoms. The molecule has 1 aliphatic rings. The van der Waals surface area contributed by atoms with Gasteiger partial charge in [0.2, 0.25) is 0 Å². The average Bonchev–Trinajstić information content (AvgIpc) is 2.34. The molecule has 22 heavy (non-hydrogen) atoms. The molecule has 8 nitrogen and oxygen atoms in total. The van der Waals surface area contributed by atoms with Crippen molar-refractivity contribution in [2.24, 2.45) is 5.73 Å². The minimum Gasteiger partial charge on any atom is -0.444 e. The number of rotatable bonds is 4. The first kappa shape index (κ1) is 19.1. The Morgan fingerprint density at radius 1 is 1.36 bits per heavy atom. The predicted molar refractivity (Wildman–Crippen MR) is 84.5 cm³/mol. The number of hydrogen-bond donors (Lipinski definition) is 2. The summed E-state index contributed by atoms with van der Waals surface area (Å²) in [5, 5.41) is 0. The van der Waals surface area contributed by atoms with E-state index in [1.807, 2.05) is 0 Å². The largest absolute Gasteiger partial charge is 0.444 e. The standard InChI is InChI=1S/C13H28N4O4S/c1-10(2)15-22(19,20)17-7-6-16(9-11(17)8-14)12(18)21-13(3,4)5/h10-11,15H,6-9,14H2,1-5H3. The van der Waals surface area contributed by atoms with Crippen molar-refractivity contribution < 1.29 is 17.9 Å². The summed E-state index contributed by atoms with van der Waals surface area (Å²) in [6, 6.07) is -0.662. The fourth-order valence-corrected chi connectivity index (χ4v) is 3.80. The van der Waals surface area contributed by atoms with Crippen molar-refractivity contribution in [3.63, 3.8) is 0 Å². The summed E-state index contributed by atoms with van der Waals surface area (Å²) >= 11 is 0. The number of piperazine rings is 1. The zero-order valence-electron chi connectivity index (χ0n) is 14.0. The van der Waals surface area contributed by atoms with Crippen LogP contribution in [0.3, 0.4) is 0 Å². The van der Waals surface area contributed by atoms with Gasteiger partial charge in [0.25, 0.3) is 10.2 Å². The van der Waals surface area contributed by atoms with Crippen molar-refractivity contribution in [3.05, 3.63) is 0 Å². The molecule has 0 aromatic carbocycles. The highest BCUT2D eigenvalue weighted by Gasteiger charge is 2.37. The van der Waals surface area contributed by atoms with Crippen LogP contribution >= 0.6 is 0 Å². The van der Waals surface area contributed by atoms with E-state index in [0.29, 0.717) is 0 Å². The first-order chi connectivity index (χ1) is 9.96. The second kappa shape index (κ2) is 7.12. The van der Waals surface area contributed by atoms with Crippen LogP contribution in [0.5, 0.6) is 0 Å². The van der Waals surface area contributed by atoms with Crippen LogP contribution in [0.2, 0.25) is 0 Å². The molecule has 0 saturated carbocycles. The fraction of sp³-hybridized carbons (Fsp3) is 0.923. The molecule has 1 fully saturated rings. The van der Waals surface area contributed by atoms with Crippen molar-refractivity contribution in [1.29, 1.82) is 0 Å². The molecule has 130 valence electrons. The summed E-state index contributed by atoms with van der Waals surface area (Å²) in [6.07, 6.45) is -0.445. The first-order valence-electron chi connectivity index (χ1n) is 7.43. The molecule has 1 heterocycles. The lowest BCUT2D eigenvalue weighted by molar-refractivity contribution is 0.0136. The van der Waals surface area contributed by atoms with Crippen LogP contribution in [0.1, 0.15) is 34.6 Å². The Balaban J connectivity index is 2.78. The maximum Gasteiger partial charge on any atom is 0.410 e. The Labute approximate surface area is 133 Å². The van der Waals surface area contributed by atoms with Gasteiger partial charge in [0, 0.05) is 32.2 Å². The lowest BCUT2D eigenvalue weighted by Crippen LogP contribution is -2.61. The molecule has 1 aliphatic heterocycles. The van der Waals surface area contributed by atoms with Gasteiger partial charge in [-0.25, -0.2) is 4.79 Å². The summed E-state index contributed by atoms with van der Waals surface area (Å²) in [5.41, 5.74) is 5.11. The number of nitrogens with two attached hydrogens (primary N) is 1. The molecule has 1 amide bonds. The number of carbonyl (C=O) groups excluding carboxylic acids is 1. The van der Waals surface area contributed by atoms with Gasteiger partial charge in [0.05, 0.1) is 6.04 Å². The monoisotopic (exact) mass is 336 g/mol. The summed E-state index contributed by atoms with van der Waals surface area (Å²) in [4.78, 5) is 13.6. The van der Waals surface area contributed by atoms with Gasteiger partial charge in [-0.15, -0.1) is 0 Å². The predicted octanol–water partition coefficient (Wildman–Crippen LogP) is 0.109. The van der Waals surface area contributed by atoms with E-state index in [-0.39, 0.29) is 32.2 Å². The van der Waals surface area contributed by atoms with Gasteiger partial charge in [-0.2, -0.15) is 17.4 Å². The zero-order valence-corrected chi connectivity index (χ0v) is 14.8. The van der Waals surface area contributed by atoms with Crippen LogP contribution in [0.15, 0.2) is 0 Å². The third-order valence-corrected chi connectivity index (χ3v) is 4.91. The van der Waals surface area contributed by atoms with E-state index in [4.69, 9.17) is 10.5 Å². The maximum absolute atomic E-state index is 12.3. The normalized spacial score (nSPS) is 21.2. The molecule has 0 spiro atoms. The van der Waals surface area contributed by atoms with Crippen molar-refractivity contribution in [1.82, 2.24) is 13.9 Å². The van der Waals surface area contributed by atoms with Crippen molar-refractivity contribution in [2.75, 3.05) is 26.2 Å². The van der Waals surface area contributed by atoms with Crippen molar-refractivity contribution in [3.8, 4) is 0 Å². The topological polar surface area (TPSA) is 105 Å². The summed E-state index contributed by atoms with van der Waals surface area (Å²) < 4.78 is 33.8. The van der Waals surface area contributed by atoms with E-state index >= 15 is 0 Å². The Kier molecular flexibility index (Phi) is 6.19. The van der Waals surface area contributed by atoms with Gasteiger partial charge in [0.15, 0.2) is 0 Å². The summed E-state index contributed by atoms with van der Waals surface area (Å²) in [5.74, 6) is 0. The number of nitrogens with one attached hydrogen (secondary N) is 1. The van der Waals surface area contributed by atoms with Gasteiger partial charge in [-0.3, -0.25) is 0 Å². The van der Waals surface area contributed by atoms with Gasteiger partial charge in [0.1, 0.15) is 5.60 Å². The average molecular weight is 336 g/mol. The van der Waals surface area contributed by atoms with Crippen LogP contribution in [0, 0.1) is 0 Å². The maximum atomic E-state index is 12.3. The zero-order chi connectivity index (χ0) is 17.1. The van der Waals surface area contributed by atoms with E-state index in [1.54, 1.807) is 34.6 Å². The van der Waals surface area contributed by atoms with Crippen LogP contribution in [0.25, 0.3) is 0 Å². The third-order valence-electron chi connectivity index (χ3n) is 3.05.